The second-order valence-corrected chi connectivity index (χ2v) is 6.33. The third-order valence-corrected chi connectivity index (χ3v) is 4.35. The van der Waals surface area contributed by atoms with Gasteiger partial charge in [-0.15, -0.1) is 0 Å². The Hall–Kier alpha value is -2.00. The number of nitrogen functional groups attached to an aromatic ring is 1. The van der Waals surface area contributed by atoms with Gasteiger partial charge in [-0.2, -0.15) is 0 Å². The van der Waals surface area contributed by atoms with Crippen molar-refractivity contribution in [2.45, 2.75) is 17.4 Å². The molecule has 0 aliphatic carbocycles. The van der Waals surface area contributed by atoms with Crippen molar-refractivity contribution < 1.29 is 17.9 Å². The molecule has 0 bridgehead atoms. The van der Waals surface area contributed by atoms with E-state index >= 15 is 0 Å². The number of para-hydroxylation sites is 1. The van der Waals surface area contributed by atoms with Gasteiger partial charge in [0, 0.05) is 13.1 Å². The molecule has 0 aromatic heterocycles. The van der Waals surface area contributed by atoms with E-state index in [-0.39, 0.29) is 16.6 Å². The lowest BCUT2D eigenvalue weighted by atomic mass is 10.2. The number of amides is 1. The minimum Gasteiger partial charge on any atom is -0.453 e. The molecule has 0 radical (unpaired) electrons. The van der Waals surface area contributed by atoms with Gasteiger partial charge in [-0.1, -0.05) is 6.07 Å². The number of carbonyl (C=O) groups excluding carboxylic acids is 1. The van der Waals surface area contributed by atoms with Crippen LogP contribution in [0, 0.1) is 0 Å². The first-order valence-corrected chi connectivity index (χ1v) is 7.88. The summed E-state index contributed by atoms with van der Waals surface area (Å²) in [5, 5.41) is 7.84. The number of hydrogen-bond donors (Lipinski definition) is 3. The van der Waals surface area contributed by atoms with Crippen LogP contribution < -0.4 is 21.1 Å². The van der Waals surface area contributed by atoms with E-state index in [0.29, 0.717) is 25.2 Å². The van der Waals surface area contributed by atoms with Crippen LogP contribution in [0.5, 0.6) is 0 Å². The molecule has 1 fully saturated rings. The van der Waals surface area contributed by atoms with Gasteiger partial charge < -0.3 is 20.7 Å². The molecule has 0 spiro atoms. The molecule has 8 nitrogen and oxygen atoms in total. The molecule has 0 saturated carbocycles. The largest absolute Gasteiger partial charge is 0.453 e. The Morgan fingerprint density at radius 3 is 2.81 bits per heavy atom. The van der Waals surface area contributed by atoms with Crippen molar-refractivity contribution in [1.29, 1.82) is 0 Å². The van der Waals surface area contributed by atoms with E-state index in [1.807, 2.05) is 4.90 Å². The number of ether oxygens (including phenoxy) is 1. The summed E-state index contributed by atoms with van der Waals surface area (Å²) in [7, 11) is -2.56. The summed E-state index contributed by atoms with van der Waals surface area (Å²) in [4.78, 5) is 13.0. The summed E-state index contributed by atoms with van der Waals surface area (Å²) < 4.78 is 27.5. The minimum atomic E-state index is -3.86. The Bertz CT molecular complexity index is 647. The molecule has 116 valence electrons. The average molecular weight is 314 g/mol. The van der Waals surface area contributed by atoms with Crippen molar-refractivity contribution in [2.75, 3.05) is 30.8 Å². The van der Waals surface area contributed by atoms with E-state index in [2.05, 4.69) is 10.1 Å². The Labute approximate surface area is 123 Å². The number of benzene rings is 1. The summed E-state index contributed by atoms with van der Waals surface area (Å²) in [6.07, 6.45) is 0.224. The SMILES string of the molecule is COC(=O)NC1CCN(c2cccc(S(N)(=O)=O)c2N)C1. The first-order chi connectivity index (χ1) is 9.82. The Balaban J connectivity index is 2.19. The molecule has 1 saturated heterocycles. The van der Waals surface area contributed by atoms with Gasteiger partial charge in [-0.05, 0) is 18.6 Å². The van der Waals surface area contributed by atoms with E-state index in [1.165, 1.54) is 13.2 Å². The molecule has 5 N–H and O–H groups in total. The monoisotopic (exact) mass is 314 g/mol. The third-order valence-electron chi connectivity index (χ3n) is 3.39. The van der Waals surface area contributed by atoms with Crippen molar-refractivity contribution in [3.05, 3.63) is 18.2 Å². The number of anilines is 2. The molecule has 1 atom stereocenters. The number of nitrogens with two attached hydrogens (primary N) is 2. The van der Waals surface area contributed by atoms with Gasteiger partial charge in [-0.3, -0.25) is 0 Å². The zero-order valence-corrected chi connectivity index (χ0v) is 12.4. The zero-order valence-electron chi connectivity index (χ0n) is 11.6. The highest BCUT2D eigenvalue weighted by atomic mass is 32.2. The van der Waals surface area contributed by atoms with Gasteiger partial charge in [0.05, 0.1) is 24.5 Å². The number of methoxy groups -OCH3 is 1. The van der Waals surface area contributed by atoms with Gasteiger partial charge in [0.1, 0.15) is 4.90 Å². The van der Waals surface area contributed by atoms with Gasteiger partial charge in [0.15, 0.2) is 0 Å². The van der Waals surface area contributed by atoms with Crippen molar-refractivity contribution in [3.8, 4) is 0 Å². The number of nitrogens with one attached hydrogen (secondary N) is 1. The zero-order chi connectivity index (χ0) is 15.6. The van der Waals surface area contributed by atoms with Crippen LogP contribution in [-0.2, 0) is 14.8 Å². The number of alkyl carbamates (subject to hydrolysis) is 1. The molecule has 9 heteroatoms. The van der Waals surface area contributed by atoms with Crippen LogP contribution >= 0.6 is 0 Å². The first-order valence-electron chi connectivity index (χ1n) is 6.33. The second kappa shape index (κ2) is 5.78. The highest BCUT2D eigenvalue weighted by Crippen LogP contribution is 2.31. The van der Waals surface area contributed by atoms with Crippen LogP contribution in [0.2, 0.25) is 0 Å². The lowest BCUT2D eigenvalue weighted by molar-refractivity contribution is 0.167. The molecule has 1 heterocycles. The number of carbonyl (C=O) groups is 1. The number of hydrogen-bond acceptors (Lipinski definition) is 6. The van der Waals surface area contributed by atoms with E-state index in [9.17, 15) is 13.2 Å². The number of sulfonamides is 1. The van der Waals surface area contributed by atoms with Crippen LogP contribution in [0.25, 0.3) is 0 Å². The molecule has 1 unspecified atom stereocenters. The lowest BCUT2D eigenvalue weighted by Gasteiger charge is -2.21. The maximum atomic E-state index is 11.5. The molecule has 1 aromatic carbocycles. The van der Waals surface area contributed by atoms with E-state index < -0.39 is 16.1 Å². The summed E-state index contributed by atoms with van der Waals surface area (Å²) in [5.41, 5.74) is 6.63. The van der Waals surface area contributed by atoms with Crippen molar-refractivity contribution in [2.24, 2.45) is 5.14 Å². The van der Waals surface area contributed by atoms with Gasteiger partial charge in [0.2, 0.25) is 10.0 Å². The number of nitrogens with zero attached hydrogens (tertiary/aromatic N) is 1. The van der Waals surface area contributed by atoms with E-state index in [1.54, 1.807) is 12.1 Å². The van der Waals surface area contributed by atoms with Crippen LogP contribution in [0.1, 0.15) is 6.42 Å². The number of rotatable bonds is 3. The first kappa shape index (κ1) is 15.4. The Morgan fingerprint density at radius 2 is 2.19 bits per heavy atom. The van der Waals surface area contributed by atoms with Gasteiger partial charge in [0.25, 0.3) is 0 Å². The molecule has 1 aliphatic heterocycles. The third kappa shape index (κ3) is 3.37. The second-order valence-electron chi connectivity index (χ2n) is 4.80. The van der Waals surface area contributed by atoms with E-state index in [0.717, 1.165) is 0 Å². The van der Waals surface area contributed by atoms with Crippen molar-refractivity contribution >= 4 is 27.5 Å². The van der Waals surface area contributed by atoms with Crippen molar-refractivity contribution in [1.82, 2.24) is 5.32 Å². The van der Waals surface area contributed by atoms with Gasteiger partial charge in [-0.25, -0.2) is 18.4 Å². The maximum absolute atomic E-state index is 11.5. The number of primary sulfonamides is 1. The van der Waals surface area contributed by atoms with Gasteiger partial charge >= 0.3 is 6.09 Å². The molecular formula is C12H18N4O4S. The highest BCUT2D eigenvalue weighted by Gasteiger charge is 2.27. The fraction of sp³-hybridized carbons (Fsp3) is 0.417. The average Bonchev–Trinajstić information content (AvgIpc) is 2.85. The van der Waals surface area contributed by atoms with Crippen molar-refractivity contribution in [3.63, 3.8) is 0 Å². The smallest absolute Gasteiger partial charge is 0.407 e. The van der Waals surface area contributed by atoms with Crippen LogP contribution in [0.15, 0.2) is 23.1 Å². The molecular weight excluding hydrogens is 296 g/mol. The molecule has 1 aromatic rings. The molecule has 2 rings (SSSR count). The Kier molecular flexibility index (Phi) is 4.24. The normalized spacial score (nSPS) is 18.6. The predicted octanol–water partition coefficient (Wildman–Crippen LogP) is -0.149. The lowest BCUT2D eigenvalue weighted by Crippen LogP contribution is -2.37. The fourth-order valence-corrected chi connectivity index (χ4v) is 3.06. The van der Waals surface area contributed by atoms with Crippen LogP contribution in [0.3, 0.4) is 0 Å². The molecule has 1 aliphatic rings. The van der Waals surface area contributed by atoms with E-state index in [4.69, 9.17) is 10.9 Å². The summed E-state index contributed by atoms with van der Waals surface area (Å²) in [6.45, 7) is 1.17. The summed E-state index contributed by atoms with van der Waals surface area (Å²) in [6, 6.07) is 4.61. The molecule has 21 heavy (non-hydrogen) atoms. The molecule has 1 amide bonds. The highest BCUT2D eigenvalue weighted by molar-refractivity contribution is 7.89. The minimum absolute atomic E-state index is 0.0741. The Morgan fingerprint density at radius 1 is 1.48 bits per heavy atom. The summed E-state index contributed by atoms with van der Waals surface area (Å²) >= 11 is 0. The maximum Gasteiger partial charge on any atom is 0.407 e. The fourth-order valence-electron chi connectivity index (χ4n) is 2.38. The quantitative estimate of drug-likeness (QED) is 0.666. The van der Waals surface area contributed by atoms with Crippen LogP contribution in [0.4, 0.5) is 16.2 Å². The summed E-state index contributed by atoms with van der Waals surface area (Å²) in [5.74, 6) is 0. The topological polar surface area (TPSA) is 128 Å². The van der Waals surface area contributed by atoms with Crippen LogP contribution in [-0.4, -0.2) is 40.8 Å². The standard InChI is InChI=1S/C12H18N4O4S/c1-20-12(17)15-8-5-6-16(7-8)9-3-2-4-10(11(9)13)21(14,18)19/h2-4,8H,5-7,13H2,1H3,(H,15,17)(H2,14,18,19). The predicted molar refractivity (Wildman–Crippen MR) is 78.4 cm³/mol.